The van der Waals surface area contributed by atoms with Crippen LogP contribution in [0.5, 0.6) is 5.75 Å². The second kappa shape index (κ2) is 8.60. The molecule has 2 aromatic rings. The van der Waals surface area contributed by atoms with E-state index in [1.54, 1.807) is 13.3 Å². The van der Waals surface area contributed by atoms with Crippen LogP contribution in [-0.2, 0) is 11.2 Å². The molecule has 2 unspecified atom stereocenters. The van der Waals surface area contributed by atoms with Gasteiger partial charge in [0.2, 0.25) is 0 Å². The highest BCUT2D eigenvalue weighted by Gasteiger charge is 2.29. The summed E-state index contributed by atoms with van der Waals surface area (Å²) in [6.07, 6.45) is 3.27. The third-order valence-electron chi connectivity index (χ3n) is 4.53. The molecule has 1 saturated heterocycles. The zero-order valence-electron chi connectivity index (χ0n) is 15.0. The minimum atomic E-state index is -0.333. The maximum absolute atomic E-state index is 12.3. The molecule has 1 aliphatic rings. The maximum Gasteiger partial charge on any atom is 0.258 e. The van der Waals surface area contributed by atoms with Crippen LogP contribution in [0.3, 0.4) is 0 Å². The van der Waals surface area contributed by atoms with E-state index < -0.39 is 0 Å². The van der Waals surface area contributed by atoms with Crippen LogP contribution >= 0.6 is 0 Å². The van der Waals surface area contributed by atoms with E-state index in [9.17, 15) is 4.79 Å². The van der Waals surface area contributed by atoms with Gasteiger partial charge in [-0.25, -0.2) is 16.3 Å². The van der Waals surface area contributed by atoms with Crippen LogP contribution in [0.4, 0.5) is 0 Å². The molecule has 0 aliphatic carbocycles. The van der Waals surface area contributed by atoms with E-state index >= 15 is 0 Å². The summed E-state index contributed by atoms with van der Waals surface area (Å²) >= 11 is 0. The summed E-state index contributed by atoms with van der Waals surface area (Å²) in [4.78, 5) is 12.3. The Morgan fingerprint density at radius 2 is 2.00 bits per heavy atom. The van der Waals surface area contributed by atoms with Gasteiger partial charge in [0.05, 0.1) is 13.3 Å². The molecule has 3 N–H and O–H groups in total. The van der Waals surface area contributed by atoms with E-state index in [0.717, 1.165) is 12.0 Å². The number of hydrazine groups is 1. The van der Waals surface area contributed by atoms with Crippen molar-refractivity contribution in [3.05, 3.63) is 65.2 Å². The summed E-state index contributed by atoms with van der Waals surface area (Å²) in [6.45, 7) is 2.14. The maximum atomic E-state index is 12.3. The molecule has 6 heteroatoms. The van der Waals surface area contributed by atoms with Crippen LogP contribution in [0, 0.1) is 0 Å². The lowest BCUT2D eigenvalue weighted by Crippen LogP contribution is -2.41. The van der Waals surface area contributed by atoms with Crippen LogP contribution in [0.1, 0.15) is 36.1 Å². The number of methoxy groups -OCH3 is 1. The van der Waals surface area contributed by atoms with Gasteiger partial charge in [0, 0.05) is 11.6 Å². The molecule has 1 heterocycles. The fourth-order valence-electron chi connectivity index (χ4n) is 2.95. The topological polar surface area (TPSA) is 74.8 Å². The number of nitrogens with zero attached hydrogens (tertiary/aromatic N) is 1. The summed E-state index contributed by atoms with van der Waals surface area (Å²) in [5, 5.41) is 4.04. The van der Waals surface area contributed by atoms with Gasteiger partial charge in [0.15, 0.2) is 0 Å². The second-order valence-corrected chi connectivity index (χ2v) is 6.20. The molecule has 136 valence electrons. The van der Waals surface area contributed by atoms with Gasteiger partial charge in [0.25, 0.3) is 5.91 Å². The quantitative estimate of drug-likeness (QED) is 0.551. The average molecular weight is 352 g/mol. The third kappa shape index (κ3) is 4.28. The van der Waals surface area contributed by atoms with Gasteiger partial charge in [-0.1, -0.05) is 43.3 Å². The molecule has 0 radical (unpaired) electrons. The molecule has 0 aromatic heterocycles. The first kappa shape index (κ1) is 18.1. The van der Waals surface area contributed by atoms with E-state index in [1.807, 2.05) is 24.3 Å². The number of rotatable bonds is 6. The first-order valence-corrected chi connectivity index (χ1v) is 8.77. The summed E-state index contributed by atoms with van der Waals surface area (Å²) < 4.78 is 5.26. The smallest absolute Gasteiger partial charge is 0.258 e. The highest BCUT2D eigenvalue weighted by Crippen LogP contribution is 2.22. The van der Waals surface area contributed by atoms with Crippen molar-refractivity contribution in [1.82, 2.24) is 16.3 Å². The van der Waals surface area contributed by atoms with Crippen molar-refractivity contribution in [2.24, 2.45) is 5.10 Å². The lowest BCUT2D eigenvalue weighted by Gasteiger charge is -2.10. The zero-order valence-corrected chi connectivity index (χ0v) is 15.0. The van der Waals surface area contributed by atoms with Gasteiger partial charge in [0.1, 0.15) is 11.8 Å². The molecule has 2 atom stereocenters. The molecule has 1 aliphatic heterocycles. The minimum Gasteiger partial charge on any atom is -0.496 e. The number of nitrogens with one attached hydrogen (secondary N) is 3. The first-order valence-electron chi connectivity index (χ1n) is 8.77. The van der Waals surface area contributed by atoms with Crippen LogP contribution in [0.15, 0.2) is 53.6 Å². The number of benzene rings is 2. The van der Waals surface area contributed by atoms with Crippen LogP contribution < -0.4 is 21.0 Å². The van der Waals surface area contributed by atoms with Crippen molar-refractivity contribution < 1.29 is 9.53 Å². The van der Waals surface area contributed by atoms with Gasteiger partial charge < -0.3 is 4.74 Å². The normalized spacial score (nSPS) is 19.6. The summed E-state index contributed by atoms with van der Waals surface area (Å²) in [7, 11) is 1.60. The molecule has 26 heavy (non-hydrogen) atoms. The number of para-hydroxylation sites is 1. The monoisotopic (exact) mass is 352 g/mol. The number of amides is 1. The number of carbonyl (C=O) groups excluding carboxylic acids is 1. The van der Waals surface area contributed by atoms with Gasteiger partial charge in [-0.15, -0.1) is 0 Å². The largest absolute Gasteiger partial charge is 0.496 e. The molecule has 3 rings (SSSR count). The summed E-state index contributed by atoms with van der Waals surface area (Å²) in [5.41, 5.74) is 12.1. The Kier molecular flexibility index (Phi) is 5.99. The Bertz CT molecular complexity index is 774. The average Bonchev–Trinajstić information content (AvgIpc) is 3.18. The lowest BCUT2D eigenvalue weighted by atomic mass is 10.00. The molecular weight excluding hydrogens is 328 g/mol. The first-order chi connectivity index (χ1) is 12.7. The highest BCUT2D eigenvalue weighted by molar-refractivity contribution is 5.86. The van der Waals surface area contributed by atoms with Crippen molar-refractivity contribution in [2.45, 2.75) is 31.8 Å². The Hall–Kier alpha value is -2.70. The van der Waals surface area contributed by atoms with Crippen molar-refractivity contribution >= 4 is 12.1 Å². The highest BCUT2D eigenvalue weighted by atomic mass is 16.5. The van der Waals surface area contributed by atoms with Crippen molar-refractivity contribution in [1.29, 1.82) is 0 Å². The number of hydrazone groups is 1. The Balaban J connectivity index is 1.55. The van der Waals surface area contributed by atoms with E-state index in [4.69, 9.17) is 4.74 Å². The summed E-state index contributed by atoms with van der Waals surface area (Å²) in [6, 6.07) is 15.7. The summed E-state index contributed by atoms with van der Waals surface area (Å²) in [5.74, 6) is 0.540. The lowest BCUT2D eigenvalue weighted by molar-refractivity contribution is -0.122. The molecule has 0 saturated carbocycles. The van der Waals surface area contributed by atoms with Gasteiger partial charge in [-0.2, -0.15) is 5.10 Å². The number of carbonyl (C=O) groups is 1. The van der Waals surface area contributed by atoms with E-state index in [0.29, 0.717) is 12.2 Å². The van der Waals surface area contributed by atoms with E-state index in [2.05, 4.69) is 52.6 Å². The van der Waals surface area contributed by atoms with Gasteiger partial charge >= 0.3 is 0 Å². The number of ether oxygens (including phenoxy) is 1. The van der Waals surface area contributed by atoms with Crippen LogP contribution in [-0.4, -0.2) is 25.3 Å². The standard InChI is InChI=1S/C20H24N4O2/c1-3-14-8-10-15(11-9-14)17-12-18(23-22-17)20(25)24-21-13-16-6-4-5-7-19(16)26-2/h4-11,13,17-18,22-23H,3,12H2,1-2H3,(H,24,25)/b21-13+. The van der Waals surface area contributed by atoms with Crippen LogP contribution in [0.2, 0.25) is 0 Å². The number of aryl methyl sites for hydroxylation is 1. The van der Waals surface area contributed by atoms with Crippen molar-refractivity contribution in [2.75, 3.05) is 7.11 Å². The molecule has 6 nitrogen and oxygen atoms in total. The van der Waals surface area contributed by atoms with Gasteiger partial charge in [-0.05, 0) is 36.1 Å². The molecule has 0 bridgehead atoms. The fraction of sp³-hybridized carbons (Fsp3) is 0.300. The molecule has 1 amide bonds. The number of hydrogen-bond donors (Lipinski definition) is 3. The zero-order chi connectivity index (χ0) is 18.4. The molecular formula is C20H24N4O2. The second-order valence-electron chi connectivity index (χ2n) is 6.20. The number of hydrogen-bond acceptors (Lipinski definition) is 5. The van der Waals surface area contributed by atoms with E-state index in [-0.39, 0.29) is 18.0 Å². The van der Waals surface area contributed by atoms with Crippen molar-refractivity contribution in [3.63, 3.8) is 0 Å². The van der Waals surface area contributed by atoms with Gasteiger partial charge in [-0.3, -0.25) is 4.79 Å². The van der Waals surface area contributed by atoms with Crippen LogP contribution in [0.25, 0.3) is 0 Å². The fourth-order valence-corrected chi connectivity index (χ4v) is 2.95. The Morgan fingerprint density at radius 1 is 1.23 bits per heavy atom. The minimum absolute atomic E-state index is 0.106. The Morgan fingerprint density at radius 3 is 2.73 bits per heavy atom. The molecule has 2 aromatic carbocycles. The molecule has 0 spiro atoms. The third-order valence-corrected chi connectivity index (χ3v) is 4.53. The molecule has 1 fully saturated rings. The predicted molar refractivity (Wildman–Crippen MR) is 102 cm³/mol. The van der Waals surface area contributed by atoms with E-state index in [1.165, 1.54) is 11.1 Å². The SMILES string of the molecule is CCc1ccc(C2CC(C(=O)N/N=C/c3ccccc3OC)NN2)cc1. The van der Waals surface area contributed by atoms with Crippen molar-refractivity contribution in [3.8, 4) is 5.75 Å². The predicted octanol–water partition coefficient (Wildman–Crippen LogP) is 2.32. The Labute approximate surface area is 153 Å².